The summed E-state index contributed by atoms with van der Waals surface area (Å²) in [5.74, 6) is -0.0514. The Morgan fingerprint density at radius 1 is 1.31 bits per heavy atom. The number of hydrogen-bond donors (Lipinski definition) is 0. The summed E-state index contributed by atoms with van der Waals surface area (Å²) in [6.45, 7) is 4.43. The SMILES string of the molecule is CC(=O)N(Cc1cccnc1)C1CCCN(S(=O)(=O)N2CCOCC2)C1. The molecule has 0 aliphatic carbocycles. The summed E-state index contributed by atoms with van der Waals surface area (Å²) >= 11 is 0. The lowest BCUT2D eigenvalue weighted by Gasteiger charge is -2.40. The molecule has 3 heterocycles. The number of carbonyl (C=O) groups excluding carboxylic acids is 1. The summed E-state index contributed by atoms with van der Waals surface area (Å²) in [7, 11) is -3.51. The largest absolute Gasteiger partial charge is 0.379 e. The van der Waals surface area contributed by atoms with Crippen LogP contribution >= 0.6 is 0 Å². The molecule has 1 amide bonds. The van der Waals surface area contributed by atoms with Crippen molar-refractivity contribution in [2.24, 2.45) is 0 Å². The molecule has 2 aliphatic rings. The summed E-state index contributed by atoms with van der Waals surface area (Å²) in [5, 5.41) is 0. The fraction of sp³-hybridized carbons (Fsp3) is 0.647. The second kappa shape index (κ2) is 8.43. The van der Waals surface area contributed by atoms with Crippen molar-refractivity contribution in [1.29, 1.82) is 0 Å². The fourth-order valence-electron chi connectivity index (χ4n) is 3.51. The molecular formula is C17H26N4O4S. The predicted molar refractivity (Wildman–Crippen MR) is 96.4 cm³/mol. The summed E-state index contributed by atoms with van der Waals surface area (Å²) < 4.78 is 34.1. The van der Waals surface area contributed by atoms with Gasteiger partial charge in [0.15, 0.2) is 0 Å². The molecule has 2 aliphatic heterocycles. The molecule has 1 atom stereocenters. The number of amides is 1. The molecule has 0 saturated carbocycles. The van der Waals surface area contributed by atoms with E-state index >= 15 is 0 Å². The number of piperidine rings is 1. The highest BCUT2D eigenvalue weighted by atomic mass is 32.2. The van der Waals surface area contributed by atoms with Gasteiger partial charge in [-0.2, -0.15) is 17.0 Å². The van der Waals surface area contributed by atoms with E-state index in [0.29, 0.717) is 45.9 Å². The molecule has 8 nitrogen and oxygen atoms in total. The lowest BCUT2D eigenvalue weighted by atomic mass is 10.0. The highest BCUT2D eigenvalue weighted by molar-refractivity contribution is 7.86. The summed E-state index contributed by atoms with van der Waals surface area (Å²) in [6.07, 6.45) is 4.97. The summed E-state index contributed by atoms with van der Waals surface area (Å²) in [5.41, 5.74) is 0.941. The van der Waals surface area contributed by atoms with Crippen LogP contribution in [0.5, 0.6) is 0 Å². The van der Waals surface area contributed by atoms with Crippen LogP contribution < -0.4 is 0 Å². The van der Waals surface area contributed by atoms with Gasteiger partial charge in [0, 0.05) is 58.1 Å². The third kappa shape index (κ3) is 4.40. The van der Waals surface area contributed by atoms with E-state index in [4.69, 9.17) is 4.74 Å². The van der Waals surface area contributed by atoms with Crippen molar-refractivity contribution in [3.05, 3.63) is 30.1 Å². The first-order valence-electron chi connectivity index (χ1n) is 8.97. The third-order valence-electron chi connectivity index (χ3n) is 4.90. The van der Waals surface area contributed by atoms with Crippen LogP contribution in [0.15, 0.2) is 24.5 Å². The maximum atomic E-state index is 12.9. The maximum Gasteiger partial charge on any atom is 0.282 e. The van der Waals surface area contributed by atoms with Gasteiger partial charge in [-0.1, -0.05) is 6.07 Å². The summed E-state index contributed by atoms with van der Waals surface area (Å²) in [4.78, 5) is 18.1. The molecule has 0 spiro atoms. The topological polar surface area (TPSA) is 83.1 Å². The van der Waals surface area contributed by atoms with E-state index in [9.17, 15) is 13.2 Å². The van der Waals surface area contributed by atoms with Gasteiger partial charge in [0.2, 0.25) is 5.91 Å². The molecule has 1 aromatic rings. The van der Waals surface area contributed by atoms with Crippen molar-refractivity contribution in [2.45, 2.75) is 32.4 Å². The number of nitrogens with zero attached hydrogens (tertiary/aromatic N) is 4. The molecule has 2 saturated heterocycles. The fourth-order valence-corrected chi connectivity index (χ4v) is 5.17. The Bertz CT molecular complexity index is 707. The zero-order valence-electron chi connectivity index (χ0n) is 15.1. The van der Waals surface area contributed by atoms with Gasteiger partial charge in [-0.05, 0) is 24.5 Å². The Morgan fingerprint density at radius 2 is 2.08 bits per heavy atom. The number of hydrogen-bond acceptors (Lipinski definition) is 5. The van der Waals surface area contributed by atoms with Gasteiger partial charge in [-0.3, -0.25) is 9.78 Å². The predicted octanol–water partition coefficient (Wildman–Crippen LogP) is 0.472. The van der Waals surface area contributed by atoms with Gasteiger partial charge in [-0.15, -0.1) is 0 Å². The van der Waals surface area contributed by atoms with Crippen molar-refractivity contribution in [1.82, 2.24) is 18.5 Å². The summed E-state index contributed by atoms with van der Waals surface area (Å²) in [6, 6.07) is 3.63. The van der Waals surface area contributed by atoms with E-state index in [1.54, 1.807) is 17.3 Å². The monoisotopic (exact) mass is 382 g/mol. The van der Waals surface area contributed by atoms with Crippen LogP contribution in [0.25, 0.3) is 0 Å². The van der Waals surface area contributed by atoms with Gasteiger partial charge in [0.1, 0.15) is 0 Å². The molecule has 2 fully saturated rings. The number of morpholine rings is 1. The number of ether oxygens (including phenoxy) is 1. The van der Waals surface area contributed by atoms with E-state index in [1.807, 2.05) is 12.1 Å². The number of aromatic nitrogens is 1. The van der Waals surface area contributed by atoms with Gasteiger partial charge < -0.3 is 9.64 Å². The van der Waals surface area contributed by atoms with Crippen LogP contribution in [-0.2, 0) is 26.3 Å². The smallest absolute Gasteiger partial charge is 0.282 e. The first kappa shape index (κ1) is 19.2. The standard InChI is InChI=1S/C17H26N4O4S/c1-15(22)21(13-16-4-2-6-18-12-16)17-5-3-7-20(14-17)26(23,24)19-8-10-25-11-9-19/h2,4,6,12,17H,3,5,7-11,13-14H2,1H3. The van der Waals surface area contributed by atoms with E-state index in [0.717, 1.165) is 18.4 Å². The highest BCUT2D eigenvalue weighted by Crippen LogP contribution is 2.22. The molecule has 0 aromatic carbocycles. The molecule has 9 heteroatoms. The normalized spacial score (nSPS) is 22.9. The second-order valence-corrected chi connectivity index (χ2v) is 8.61. The lowest BCUT2D eigenvalue weighted by Crippen LogP contribution is -2.55. The Labute approximate surface area is 154 Å². The van der Waals surface area contributed by atoms with E-state index in [-0.39, 0.29) is 11.9 Å². The van der Waals surface area contributed by atoms with Crippen molar-refractivity contribution < 1.29 is 17.9 Å². The first-order chi connectivity index (χ1) is 12.5. The minimum atomic E-state index is -3.51. The number of pyridine rings is 1. The average Bonchev–Trinajstić information content (AvgIpc) is 2.67. The Kier molecular flexibility index (Phi) is 6.23. The Morgan fingerprint density at radius 3 is 2.73 bits per heavy atom. The zero-order chi connectivity index (χ0) is 18.6. The van der Waals surface area contributed by atoms with Crippen LogP contribution in [0.2, 0.25) is 0 Å². The second-order valence-electron chi connectivity index (χ2n) is 6.68. The molecule has 144 valence electrons. The Balaban J connectivity index is 1.72. The average molecular weight is 382 g/mol. The molecule has 1 aromatic heterocycles. The van der Waals surface area contributed by atoms with Gasteiger partial charge in [0.05, 0.1) is 13.2 Å². The van der Waals surface area contributed by atoms with Crippen LogP contribution in [0.3, 0.4) is 0 Å². The van der Waals surface area contributed by atoms with E-state index in [1.165, 1.54) is 15.5 Å². The molecular weight excluding hydrogens is 356 g/mol. The molecule has 0 N–H and O–H groups in total. The van der Waals surface area contributed by atoms with Gasteiger partial charge in [-0.25, -0.2) is 0 Å². The first-order valence-corrected chi connectivity index (χ1v) is 10.4. The van der Waals surface area contributed by atoms with Crippen LogP contribution in [0.4, 0.5) is 0 Å². The van der Waals surface area contributed by atoms with Crippen molar-refractivity contribution in [2.75, 3.05) is 39.4 Å². The highest BCUT2D eigenvalue weighted by Gasteiger charge is 2.36. The van der Waals surface area contributed by atoms with Gasteiger partial charge in [0.25, 0.3) is 10.2 Å². The third-order valence-corrected chi connectivity index (χ3v) is 6.90. The van der Waals surface area contributed by atoms with Gasteiger partial charge >= 0.3 is 0 Å². The maximum absolute atomic E-state index is 12.9. The van der Waals surface area contributed by atoms with E-state index in [2.05, 4.69) is 4.98 Å². The van der Waals surface area contributed by atoms with Crippen LogP contribution in [0, 0.1) is 0 Å². The lowest BCUT2D eigenvalue weighted by molar-refractivity contribution is -0.132. The minimum absolute atomic E-state index is 0.0514. The molecule has 1 unspecified atom stereocenters. The van der Waals surface area contributed by atoms with Crippen LogP contribution in [0.1, 0.15) is 25.3 Å². The Hall–Kier alpha value is -1.55. The van der Waals surface area contributed by atoms with E-state index < -0.39 is 10.2 Å². The van der Waals surface area contributed by atoms with Crippen molar-refractivity contribution in [3.63, 3.8) is 0 Å². The quantitative estimate of drug-likeness (QED) is 0.739. The van der Waals surface area contributed by atoms with Crippen LogP contribution in [-0.4, -0.2) is 78.3 Å². The molecule has 0 bridgehead atoms. The molecule has 0 radical (unpaired) electrons. The van der Waals surface area contributed by atoms with Crippen molar-refractivity contribution >= 4 is 16.1 Å². The number of carbonyl (C=O) groups is 1. The number of rotatable bonds is 5. The molecule has 3 rings (SSSR count). The van der Waals surface area contributed by atoms with Crippen molar-refractivity contribution in [3.8, 4) is 0 Å². The zero-order valence-corrected chi connectivity index (χ0v) is 15.9. The molecule has 26 heavy (non-hydrogen) atoms. The minimum Gasteiger partial charge on any atom is -0.379 e.